The van der Waals surface area contributed by atoms with E-state index < -0.39 is 97.5 Å². The molecule has 0 aromatic carbocycles. The Morgan fingerprint density at radius 3 is 0.739 bits per heavy atom. The highest BCUT2D eigenvalue weighted by Gasteiger charge is 2.30. The highest BCUT2D eigenvalue weighted by molar-refractivity contribution is 7.47. The Morgan fingerprint density at radius 1 is 0.293 bits per heavy atom. The second kappa shape index (κ2) is 65.0. The van der Waals surface area contributed by atoms with Gasteiger partial charge in [0.1, 0.15) is 19.3 Å². The van der Waals surface area contributed by atoms with E-state index in [0.717, 1.165) is 115 Å². The van der Waals surface area contributed by atoms with Crippen LogP contribution in [0.4, 0.5) is 0 Å². The van der Waals surface area contributed by atoms with Gasteiger partial charge in [-0.25, -0.2) is 9.13 Å². The van der Waals surface area contributed by atoms with Gasteiger partial charge < -0.3 is 33.8 Å². The summed E-state index contributed by atoms with van der Waals surface area (Å²) in [6.07, 6.45) is 51.5. The van der Waals surface area contributed by atoms with Crippen LogP contribution >= 0.6 is 15.6 Å². The monoisotopic (exact) mass is 1350 g/mol. The van der Waals surface area contributed by atoms with Crippen LogP contribution in [0, 0.1) is 11.8 Å². The lowest BCUT2D eigenvalue weighted by molar-refractivity contribution is -0.161. The van der Waals surface area contributed by atoms with E-state index in [-0.39, 0.29) is 25.7 Å². The van der Waals surface area contributed by atoms with Crippen LogP contribution in [-0.4, -0.2) is 96.7 Å². The second-order valence-corrected chi connectivity index (χ2v) is 30.2. The number of hydrogen-bond donors (Lipinski definition) is 3. The molecule has 0 fully saturated rings. The summed E-state index contributed by atoms with van der Waals surface area (Å²) in [7, 11) is -9.90. The average Bonchev–Trinajstić information content (AvgIpc) is 3.65. The number of hydrogen-bond acceptors (Lipinski definition) is 15. The normalized spacial score (nSPS) is 14.1. The predicted octanol–water partition coefficient (Wildman–Crippen LogP) is 21.2. The Morgan fingerprint density at radius 2 is 0.500 bits per heavy atom. The number of unbranched alkanes of at least 4 members (excludes halogenated alkanes) is 42. The van der Waals surface area contributed by atoms with E-state index in [4.69, 9.17) is 37.0 Å². The molecule has 2 unspecified atom stereocenters. The molecule has 5 atom stereocenters. The van der Waals surface area contributed by atoms with Gasteiger partial charge >= 0.3 is 39.5 Å². The highest BCUT2D eigenvalue weighted by Crippen LogP contribution is 2.45. The standard InChI is InChI=1S/C73H142O17P2/c1-7-9-11-13-15-16-17-18-19-20-21-22-23-26-33-39-45-51-57-72(77)90-69(62-84-71(76)56-50-44-38-32-27-24-25-30-36-41-47-53-65(3)4)64-88-92(81,82)86-60-67(74)59-85-91(79,80)87-63-68(61-83-70(75)55-49-43-35-14-12-10-8-2)89-73(78)58-52-46-40-34-29-28-31-37-42-48-54-66(5)6/h65-69,74H,7-64H2,1-6H3,(H,79,80)(H,81,82)/t67-,68+,69+/m0/s1. The Kier molecular flexibility index (Phi) is 63.7. The molecule has 0 aliphatic rings. The maximum atomic E-state index is 13.1. The fourth-order valence-electron chi connectivity index (χ4n) is 11.1. The number of carbonyl (C=O) groups is 4. The number of phosphoric acid groups is 2. The maximum Gasteiger partial charge on any atom is 0.472 e. The van der Waals surface area contributed by atoms with Gasteiger partial charge in [0.25, 0.3) is 0 Å². The molecule has 0 aliphatic heterocycles. The van der Waals surface area contributed by atoms with Gasteiger partial charge in [-0.3, -0.25) is 37.3 Å². The van der Waals surface area contributed by atoms with Crippen molar-refractivity contribution < 1.29 is 80.2 Å². The molecule has 3 N–H and O–H groups in total. The summed E-state index contributed by atoms with van der Waals surface area (Å²) in [4.78, 5) is 72.6. The van der Waals surface area contributed by atoms with Gasteiger partial charge in [-0.1, -0.05) is 324 Å². The molecule has 0 amide bonds. The molecular weight excluding hydrogens is 1210 g/mol. The van der Waals surface area contributed by atoms with E-state index in [2.05, 4.69) is 41.5 Å². The molecule has 0 spiro atoms. The van der Waals surface area contributed by atoms with Crippen molar-refractivity contribution in [2.45, 2.75) is 394 Å². The first kappa shape index (κ1) is 90.1. The highest BCUT2D eigenvalue weighted by atomic mass is 31.2. The summed E-state index contributed by atoms with van der Waals surface area (Å²) in [6, 6.07) is 0. The van der Waals surface area contributed by atoms with Crippen LogP contribution in [0.15, 0.2) is 0 Å². The third-order valence-electron chi connectivity index (χ3n) is 17.0. The van der Waals surface area contributed by atoms with Crippen LogP contribution < -0.4 is 0 Å². The van der Waals surface area contributed by atoms with E-state index in [1.165, 1.54) is 180 Å². The first-order chi connectivity index (χ1) is 44.4. The molecule has 0 bridgehead atoms. The molecule has 0 aromatic rings. The van der Waals surface area contributed by atoms with Gasteiger partial charge in [-0.2, -0.15) is 0 Å². The summed E-state index contributed by atoms with van der Waals surface area (Å²) in [6.45, 7) is 9.53. The van der Waals surface area contributed by atoms with Gasteiger partial charge in [0.15, 0.2) is 12.2 Å². The molecule has 92 heavy (non-hydrogen) atoms. The molecule has 17 nitrogen and oxygen atoms in total. The van der Waals surface area contributed by atoms with E-state index in [1.807, 2.05) is 0 Å². The molecular formula is C73H142O17P2. The van der Waals surface area contributed by atoms with Gasteiger partial charge in [0.05, 0.1) is 26.4 Å². The minimum absolute atomic E-state index is 0.106. The smallest absolute Gasteiger partial charge is 0.462 e. The van der Waals surface area contributed by atoms with Crippen molar-refractivity contribution in [1.82, 2.24) is 0 Å². The first-order valence-electron chi connectivity index (χ1n) is 38.0. The number of esters is 4. The van der Waals surface area contributed by atoms with Crippen molar-refractivity contribution >= 4 is 39.5 Å². The molecule has 0 aromatic heterocycles. The van der Waals surface area contributed by atoms with Crippen molar-refractivity contribution in [3.05, 3.63) is 0 Å². The lowest BCUT2D eigenvalue weighted by atomic mass is 10.0. The summed E-state index contributed by atoms with van der Waals surface area (Å²) >= 11 is 0. The molecule has 0 radical (unpaired) electrons. The number of ether oxygens (including phenoxy) is 4. The summed E-state index contributed by atoms with van der Waals surface area (Å²) in [5, 5.41) is 10.6. The molecule has 0 aliphatic carbocycles. The van der Waals surface area contributed by atoms with E-state index >= 15 is 0 Å². The number of carbonyl (C=O) groups excluding carboxylic acids is 4. The minimum Gasteiger partial charge on any atom is -0.462 e. The molecule has 19 heteroatoms. The van der Waals surface area contributed by atoms with Crippen LogP contribution in [0.1, 0.15) is 375 Å². The van der Waals surface area contributed by atoms with Gasteiger partial charge in [-0.15, -0.1) is 0 Å². The van der Waals surface area contributed by atoms with E-state index in [9.17, 15) is 43.2 Å². The van der Waals surface area contributed by atoms with Crippen molar-refractivity contribution in [1.29, 1.82) is 0 Å². The number of phosphoric ester groups is 2. The topological polar surface area (TPSA) is 237 Å². The molecule has 0 saturated heterocycles. The zero-order chi connectivity index (χ0) is 67.9. The van der Waals surface area contributed by atoms with Crippen molar-refractivity contribution in [2.24, 2.45) is 11.8 Å². The quantitative estimate of drug-likeness (QED) is 0.0222. The first-order valence-corrected chi connectivity index (χ1v) is 41.0. The largest absolute Gasteiger partial charge is 0.472 e. The van der Waals surface area contributed by atoms with Crippen LogP contribution in [0.2, 0.25) is 0 Å². The third-order valence-corrected chi connectivity index (χ3v) is 18.9. The molecule has 0 rings (SSSR count). The fraction of sp³-hybridized carbons (Fsp3) is 0.945. The van der Waals surface area contributed by atoms with Crippen molar-refractivity contribution in [2.75, 3.05) is 39.6 Å². The van der Waals surface area contributed by atoms with Crippen molar-refractivity contribution in [3.8, 4) is 0 Å². The fourth-order valence-corrected chi connectivity index (χ4v) is 12.7. The van der Waals surface area contributed by atoms with Crippen LogP contribution in [0.3, 0.4) is 0 Å². The van der Waals surface area contributed by atoms with E-state index in [0.29, 0.717) is 25.7 Å². The van der Waals surface area contributed by atoms with Gasteiger partial charge in [0.2, 0.25) is 0 Å². The van der Waals surface area contributed by atoms with Gasteiger partial charge in [0, 0.05) is 25.7 Å². The molecule has 0 saturated carbocycles. The summed E-state index contributed by atoms with van der Waals surface area (Å²) < 4.78 is 68.3. The molecule has 546 valence electrons. The minimum atomic E-state index is -4.95. The summed E-state index contributed by atoms with van der Waals surface area (Å²) in [5.41, 5.74) is 0. The van der Waals surface area contributed by atoms with Crippen LogP contribution in [0.5, 0.6) is 0 Å². The number of aliphatic hydroxyl groups excluding tert-OH is 1. The van der Waals surface area contributed by atoms with Gasteiger partial charge in [-0.05, 0) is 37.5 Å². The predicted molar refractivity (Wildman–Crippen MR) is 372 cm³/mol. The maximum absolute atomic E-state index is 13.1. The SMILES string of the molecule is CCCCCCCCCCCCCCCCCCCCC(=O)O[C@H](COC(=O)CCCCCCCCCCCCCC(C)C)COP(=O)(O)OC[C@@H](O)COP(=O)(O)OC[C@@H](COC(=O)CCCCCCCCC)OC(=O)CCCCCCCCCCCCC(C)C. The lowest BCUT2D eigenvalue weighted by Gasteiger charge is -2.21. The average molecular weight is 1350 g/mol. The Balaban J connectivity index is 5.20. The molecule has 0 heterocycles. The summed E-state index contributed by atoms with van der Waals surface area (Å²) in [5.74, 6) is -0.601. The Hall–Kier alpha value is -1.94. The van der Waals surface area contributed by atoms with E-state index in [1.54, 1.807) is 0 Å². The third kappa shape index (κ3) is 66.7. The number of aliphatic hydroxyl groups is 1. The van der Waals surface area contributed by atoms with Crippen LogP contribution in [-0.2, 0) is 65.4 Å². The second-order valence-electron chi connectivity index (χ2n) is 27.3. The van der Waals surface area contributed by atoms with Crippen molar-refractivity contribution in [3.63, 3.8) is 0 Å². The zero-order valence-corrected chi connectivity index (χ0v) is 61.6. The zero-order valence-electron chi connectivity index (χ0n) is 59.9. The lowest BCUT2D eigenvalue weighted by Crippen LogP contribution is -2.30. The Labute approximate surface area is 562 Å². The number of rotatable bonds is 72. The Bertz CT molecular complexity index is 1790. The van der Waals surface area contributed by atoms with Crippen LogP contribution in [0.25, 0.3) is 0 Å².